The predicted octanol–water partition coefficient (Wildman–Crippen LogP) is 1.11. The quantitative estimate of drug-likeness (QED) is 0.706. The van der Waals surface area contributed by atoms with E-state index >= 15 is 0 Å². The Morgan fingerprint density at radius 3 is 2.60 bits per heavy atom. The molecule has 1 aromatic rings. The summed E-state index contributed by atoms with van der Waals surface area (Å²) in [6, 6.07) is 8.09. The monoisotopic (exact) mass is 333 g/mol. The molecular weight excluding hydrogens is 320 g/mol. The van der Waals surface area contributed by atoms with E-state index in [1.807, 2.05) is 29.2 Å². The zero-order valence-electron chi connectivity index (χ0n) is 8.40. The van der Waals surface area contributed by atoms with Gasteiger partial charge in [-0.15, -0.1) is 0 Å². The van der Waals surface area contributed by atoms with Gasteiger partial charge in [0.1, 0.15) is 0 Å². The summed E-state index contributed by atoms with van der Waals surface area (Å²) in [6.45, 7) is 2.05. The Bertz CT molecular complexity index is 384. The molecule has 1 fully saturated rings. The number of carbonyl (C=O) groups excluding carboxylic acids is 1. The average Bonchev–Trinajstić information content (AvgIpc) is 2.20. The van der Waals surface area contributed by atoms with Crippen molar-refractivity contribution >= 4 is 45.6 Å². The van der Waals surface area contributed by atoms with Crippen LogP contribution in [0.25, 0.3) is 0 Å². The summed E-state index contributed by atoms with van der Waals surface area (Å²) in [4.78, 5) is 13.6. The molecule has 1 saturated heterocycles. The first-order valence-electron chi connectivity index (χ1n) is 4.75. The Morgan fingerprint density at radius 2 is 2.00 bits per heavy atom. The van der Waals surface area contributed by atoms with Crippen LogP contribution in [-0.4, -0.2) is 39.9 Å². The van der Waals surface area contributed by atoms with Gasteiger partial charge in [0.25, 0.3) is 0 Å². The molecule has 1 aliphatic rings. The van der Waals surface area contributed by atoms with Crippen molar-refractivity contribution in [2.75, 3.05) is 4.90 Å². The van der Waals surface area contributed by atoms with Gasteiger partial charge in [-0.2, -0.15) is 0 Å². The van der Waals surface area contributed by atoms with Gasteiger partial charge in [-0.1, -0.05) is 0 Å². The van der Waals surface area contributed by atoms with Gasteiger partial charge in [0.2, 0.25) is 0 Å². The molecule has 0 N–H and O–H groups in total. The standard InChI is InChI=1S/C11H11NOSe2/c1-8-2-4-9(5-3-8)12-10(13)6-7-15-11(12)14/h2-5H,6-7H2,1H3. The third kappa shape index (κ3) is 2.40. The van der Waals surface area contributed by atoms with Crippen molar-refractivity contribution < 1.29 is 4.79 Å². The number of nitrogens with zero attached hydrogens (tertiary/aromatic N) is 1. The first-order valence-corrected chi connectivity index (χ1v) is 7.67. The predicted molar refractivity (Wildman–Crippen MR) is 64.6 cm³/mol. The Morgan fingerprint density at radius 1 is 1.33 bits per heavy atom. The van der Waals surface area contributed by atoms with Crippen LogP contribution in [0.15, 0.2) is 24.3 Å². The molecule has 0 unspecified atom stereocenters. The summed E-state index contributed by atoms with van der Waals surface area (Å²) in [5, 5.41) is 1.02. The molecule has 1 amide bonds. The first kappa shape index (κ1) is 11.1. The summed E-state index contributed by atoms with van der Waals surface area (Å²) in [7, 11) is 0. The summed E-state index contributed by atoms with van der Waals surface area (Å²) < 4.78 is 1.10. The molecule has 15 heavy (non-hydrogen) atoms. The van der Waals surface area contributed by atoms with Gasteiger partial charge in [-0.25, -0.2) is 0 Å². The maximum atomic E-state index is 11.8. The molecule has 0 aromatic heterocycles. The number of carbonyl (C=O) groups is 1. The number of anilines is 1. The van der Waals surface area contributed by atoms with E-state index < -0.39 is 0 Å². The van der Waals surface area contributed by atoms with E-state index in [1.165, 1.54) is 5.56 Å². The van der Waals surface area contributed by atoms with E-state index in [0.29, 0.717) is 21.4 Å². The molecule has 1 heterocycles. The molecular formula is C11H11NOSe2. The zero-order chi connectivity index (χ0) is 10.8. The minimum atomic E-state index is 0.209. The molecule has 0 radical (unpaired) electrons. The van der Waals surface area contributed by atoms with Crippen LogP contribution in [-0.2, 0) is 4.79 Å². The van der Waals surface area contributed by atoms with E-state index in [4.69, 9.17) is 0 Å². The topological polar surface area (TPSA) is 20.3 Å². The van der Waals surface area contributed by atoms with Crippen LogP contribution in [0.4, 0.5) is 5.69 Å². The maximum absolute atomic E-state index is 11.8. The van der Waals surface area contributed by atoms with Crippen LogP contribution in [0.5, 0.6) is 0 Å². The Balaban J connectivity index is 2.31. The van der Waals surface area contributed by atoms with Crippen LogP contribution in [0.2, 0.25) is 5.32 Å². The number of benzene rings is 1. The van der Waals surface area contributed by atoms with E-state index in [9.17, 15) is 4.79 Å². The van der Waals surface area contributed by atoms with Gasteiger partial charge < -0.3 is 0 Å². The summed E-state index contributed by atoms with van der Waals surface area (Å²) in [5.41, 5.74) is 2.20. The molecule has 1 aliphatic heterocycles. The molecule has 4 heteroatoms. The fourth-order valence-electron chi connectivity index (χ4n) is 1.45. The van der Waals surface area contributed by atoms with Crippen molar-refractivity contribution in [1.82, 2.24) is 0 Å². The number of amides is 1. The average molecular weight is 331 g/mol. The molecule has 0 atom stereocenters. The van der Waals surface area contributed by atoms with Crippen molar-refractivity contribution in [3.05, 3.63) is 29.8 Å². The fourth-order valence-corrected chi connectivity index (χ4v) is 4.44. The summed E-state index contributed by atoms with van der Waals surface area (Å²) in [6.07, 6.45) is 0.680. The molecule has 1 aromatic carbocycles. The van der Waals surface area contributed by atoms with E-state index in [1.54, 1.807) is 0 Å². The molecule has 2 nitrogen and oxygen atoms in total. The second-order valence-electron chi connectivity index (χ2n) is 3.43. The third-order valence-corrected chi connectivity index (χ3v) is 5.69. The van der Waals surface area contributed by atoms with E-state index in [0.717, 1.165) is 14.4 Å². The number of hydrogen-bond donors (Lipinski definition) is 0. The summed E-state index contributed by atoms with van der Waals surface area (Å²) >= 11 is 3.45. The second kappa shape index (κ2) is 4.63. The zero-order valence-corrected chi connectivity index (χ0v) is 11.8. The van der Waals surface area contributed by atoms with Gasteiger partial charge in [-0.05, 0) is 0 Å². The summed E-state index contributed by atoms with van der Waals surface area (Å²) in [5.74, 6) is 0.209. The van der Waals surface area contributed by atoms with Crippen LogP contribution in [0.1, 0.15) is 12.0 Å². The van der Waals surface area contributed by atoms with Gasteiger partial charge in [0.15, 0.2) is 0 Å². The molecule has 0 saturated carbocycles. The number of hydrogen-bond acceptors (Lipinski definition) is 1. The molecule has 2 rings (SSSR count). The van der Waals surface area contributed by atoms with Gasteiger partial charge in [-0.3, -0.25) is 0 Å². The SMILES string of the molecule is Cc1ccc(N2C(=O)CC[Se]C2=[Se])cc1. The normalized spacial score (nSPS) is 17.0. The Hall–Kier alpha value is -0.401. The fraction of sp³-hybridized carbons (Fsp3) is 0.273. The number of rotatable bonds is 1. The van der Waals surface area contributed by atoms with Gasteiger partial charge in [0, 0.05) is 0 Å². The number of aryl methyl sites for hydroxylation is 1. The van der Waals surface area contributed by atoms with Crippen molar-refractivity contribution in [2.24, 2.45) is 0 Å². The van der Waals surface area contributed by atoms with Gasteiger partial charge in [0.05, 0.1) is 0 Å². The molecule has 0 spiro atoms. The van der Waals surface area contributed by atoms with Crippen LogP contribution in [0, 0.1) is 6.92 Å². The molecule has 0 bridgehead atoms. The van der Waals surface area contributed by atoms with E-state index in [-0.39, 0.29) is 5.91 Å². The van der Waals surface area contributed by atoms with Crippen molar-refractivity contribution in [1.29, 1.82) is 0 Å². The third-order valence-electron chi connectivity index (χ3n) is 2.27. The van der Waals surface area contributed by atoms with Crippen molar-refractivity contribution in [3.63, 3.8) is 0 Å². The van der Waals surface area contributed by atoms with Crippen LogP contribution >= 0.6 is 0 Å². The van der Waals surface area contributed by atoms with Crippen LogP contribution in [0.3, 0.4) is 0 Å². The second-order valence-corrected chi connectivity index (χ2v) is 7.82. The molecule has 78 valence electrons. The minimum absolute atomic E-state index is 0.209. The Labute approximate surface area is 104 Å². The Kier molecular flexibility index (Phi) is 3.42. The molecule has 0 aliphatic carbocycles. The van der Waals surface area contributed by atoms with Crippen LogP contribution < -0.4 is 4.90 Å². The first-order chi connectivity index (χ1) is 7.18. The van der Waals surface area contributed by atoms with E-state index in [2.05, 4.69) is 22.5 Å². The van der Waals surface area contributed by atoms with Gasteiger partial charge >= 0.3 is 104 Å². The van der Waals surface area contributed by atoms with Crippen molar-refractivity contribution in [3.8, 4) is 0 Å². The van der Waals surface area contributed by atoms with Crippen molar-refractivity contribution in [2.45, 2.75) is 18.7 Å².